The molecular formula is C62H123N5. The zero-order valence-electron chi connectivity index (χ0n) is 47.8. The van der Waals surface area contributed by atoms with E-state index in [1.54, 1.807) is 0 Å². The molecule has 8 aliphatic rings. The zero-order chi connectivity index (χ0) is 48.5. The van der Waals surface area contributed by atoms with Crippen LogP contribution in [0.15, 0.2) is 0 Å². The Kier molecular flexibility index (Phi) is 23.6. The first-order chi connectivity index (χ1) is 31.0. The number of hydrogen-bond donors (Lipinski definition) is 0. The van der Waals surface area contributed by atoms with Gasteiger partial charge in [-0.15, -0.1) is 0 Å². The largest absolute Gasteiger partial charge is 0.301 e. The molecule has 0 radical (unpaired) electrons. The number of hydrogen-bond acceptors (Lipinski definition) is 5. The summed E-state index contributed by atoms with van der Waals surface area (Å²) in [4.78, 5) is 13.3. The van der Waals surface area contributed by atoms with Crippen LogP contribution in [-0.4, -0.2) is 121 Å². The summed E-state index contributed by atoms with van der Waals surface area (Å²) in [6.45, 7) is 52.3. The maximum atomic E-state index is 2.72. The minimum Gasteiger partial charge on any atom is -0.301 e. The molecule has 0 aromatic heterocycles. The van der Waals surface area contributed by atoms with E-state index in [0.717, 1.165) is 81.8 Å². The summed E-state index contributed by atoms with van der Waals surface area (Å²) in [6.07, 6.45) is 28.4. The van der Waals surface area contributed by atoms with Crippen LogP contribution in [0.3, 0.4) is 0 Å². The van der Waals surface area contributed by atoms with E-state index in [1.165, 1.54) is 194 Å². The van der Waals surface area contributed by atoms with Crippen LogP contribution in [0.5, 0.6) is 0 Å². The lowest BCUT2D eigenvalue weighted by atomic mass is 9.81. The molecule has 4 aliphatic carbocycles. The minimum absolute atomic E-state index is 0. The lowest BCUT2D eigenvalue weighted by Crippen LogP contribution is -2.50. The van der Waals surface area contributed by atoms with Crippen LogP contribution >= 0.6 is 0 Å². The molecule has 0 N–H and O–H groups in total. The van der Waals surface area contributed by atoms with Gasteiger partial charge in [0.15, 0.2) is 0 Å². The van der Waals surface area contributed by atoms with E-state index in [2.05, 4.69) is 135 Å². The molecule has 1 unspecified atom stereocenters. The van der Waals surface area contributed by atoms with E-state index in [4.69, 9.17) is 0 Å². The lowest BCUT2D eigenvalue weighted by molar-refractivity contribution is 0.0467. The van der Waals surface area contributed by atoms with Gasteiger partial charge < -0.3 is 19.6 Å². The lowest BCUT2D eigenvalue weighted by Gasteiger charge is -2.43. The van der Waals surface area contributed by atoms with Gasteiger partial charge in [0, 0.05) is 76.5 Å². The molecular weight excluding hydrogens is 815 g/mol. The highest BCUT2D eigenvalue weighted by Gasteiger charge is 2.48. The van der Waals surface area contributed by atoms with E-state index < -0.39 is 0 Å². The Morgan fingerprint density at radius 2 is 0.687 bits per heavy atom. The Bertz CT molecular complexity index is 1270. The van der Waals surface area contributed by atoms with E-state index in [0.29, 0.717) is 5.41 Å². The zero-order valence-corrected chi connectivity index (χ0v) is 47.8. The Labute approximate surface area is 422 Å². The van der Waals surface area contributed by atoms with Gasteiger partial charge in [-0.05, 0) is 260 Å². The monoisotopic (exact) mass is 938 g/mol. The van der Waals surface area contributed by atoms with Crippen molar-refractivity contribution in [1.29, 1.82) is 0 Å². The molecule has 0 aromatic rings. The summed E-state index contributed by atoms with van der Waals surface area (Å²) < 4.78 is 0. The molecule has 396 valence electrons. The Morgan fingerprint density at radius 1 is 0.343 bits per heavy atom. The van der Waals surface area contributed by atoms with E-state index in [1.807, 2.05) is 0 Å². The first-order valence-corrected chi connectivity index (χ1v) is 29.7. The number of piperidine rings is 2. The van der Waals surface area contributed by atoms with Crippen molar-refractivity contribution in [3.8, 4) is 0 Å². The first kappa shape index (κ1) is 59.4. The van der Waals surface area contributed by atoms with E-state index >= 15 is 0 Å². The molecule has 4 aliphatic heterocycles. The topological polar surface area (TPSA) is 16.2 Å². The molecule has 5 heteroatoms. The second-order valence-electron chi connectivity index (χ2n) is 28.5. The Hall–Kier alpha value is -0.200. The molecule has 0 amide bonds. The fourth-order valence-corrected chi connectivity index (χ4v) is 14.4. The van der Waals surface area contributed by atoms with Gasteiger partial charge in [0.2, 0.25) is 0 Å². The normalized spacial score (nSPS) is 26.2. The molecule has 0 bridgehead atoms. The average molecular weight is 939 g/mol. The molecule has 0 spiro atoms. The second-order valence-corrected chi connectivity index (χ2v) is 28.5. The number of piperazine rings is 1. The summed E-state index contributed by atoms with van der Waals surface area (Å²) in [6, 6.07) is 2.99. The minimum atomic E-state index is 0. The van der Waals surface area contributed by atoms with Crippen molar-refractivity contribution in [2.75, 3.05) is 72.0 Å². The van der Waals surface area contributed by atoms with E-state index in [9.17, 15) is 0 Å². The van der Waals surface area contributed by atoms with Crippen LogP contribution in [0.1, 0.15) is 240 Å². The van der Waals surface area contributed by atoms with Crippen molar-refractivity contribution in [3.05, 3.63) is 0 Å². The van der Waals surface area contributed by atoms with Gasteiger partial charge >= 0.3 is 0 Å². The van der Waals surface area contributed by atoms with Gasteiger partial charge in [0.05, 0.1) is 0 Å². The SMILES string of the molecule is C.CC(C)CC1(CC2CCCN(C(C)C)C2)CC1.CC(C)CC1(CC2CCN(C(C)C)CC2)CC1.CC(C)CC1(CC2CN(C(C)C)C2)CC1.CC(C)CC1(CN2CCN(C(C)C)CC2)CC1. The molecule has 67 heavy (non-hydrogen) atoms. The third kappa shape index (κ3) is 20.7. The standard InChI is InChI=1S/2C16H31N.C15H30N2.C14H27N.CH4/c1-13(2)11-16(7-8-16)12-15-5-9-17(10-6-15)14(3)4;1-13(2)10-16(7-8-16)11-15-6-5-9-17(12-15)14(3)4;1-13(2)11-15(5-6-15)12-16-7-9-17(10-8-16)14(3)4;1-11(2)7-14(5-6-14)8-13-9-15(10-13)12(3)4;/h2*13-15H,5-12H2,1-4H3;13-14H,5-12H2,1-4H3;11-13H,5-10H2,1-4H3;1H4. The predicted octanol–water partition coefficient (Wildman–Crippen LogP) is 15.7. The number of likely N-dealkylation sites (tertiary alicyclic amines) is 3. The maximum Gasteiger partial charge on any atom is 0.0113 e. The maximum absolute atomic E-state index is 2.72. The van der Waals surface area contributed by atoms with Crippen molar-refractivity contribution in [1.82, 2.24) is 24.5 Å². The molecule has 8 fully saturated rings. The molecule has 8 rings (SSSR count). The Morgan fingerprint density at radius 3 is 1.06 bits per heavy atom. The quantitative estimate of drug-likeness (QED) is 0.121. The predicted molar refractivity (Wildman–Crippen MR) is 297 cm³/mol. The summed E-state index contributed by atoms with van der Waals surface area (Å²) >= 11 is 0. The molecule has 4 saturated carbocycles. The third-order valence-corrected chi connectivity index (χ3v) is 18.4. The van der Waals surface area contributed by atoms with Crippen LogP contribution in [0, 0.1) is 63.1 Å². The fourth-order valence-electron chi connectivity index (χ4n) is 14.4. The summed E-state index contributed by atoms with van der Waals surface area (Å²) in [5.74, 6) is 6.60. The molecule has 5 nitrogen and oxygen atoms in total. The van der Waals surface area contributed by atoms with Crippen LogP contribution in [-0.2, 0) is 0 Å². The van der Waals surface area contributed by atoms with E-state index in [-0.39, 0.29) is 7.43 Å². The highest BCUT2D eigenvalue weighted by molar-refractivity contribution is 5.00. The smallest absolute Gasteiger partial charge is 0.0113 e. The van der Waals surface area contributed by atoms with Crippen molar-refractivity contribution < 1.29 is 0 Å². The fraction of sp³-hybridized carbons (Fsp3) is 1.00. The molecule has 0 aromatic carbocycles. The number of rotatable bonds is 20. The first-order valence-electron chi connectivity index (χ1n) is 29.7. The molecule has 4 saturated heterocycles. The van der Waals surface area contributed by atoms with Crippen LogP contribution in [0.4, 0.5) is 0 Å². The average Bonchev–Trinajstić information content (AvgIpc) is 4.02. The highest BCUT2D eigenvalue weighted by Crippen LogP contribution is 2.58. The summed E-state index contributed by atoms with van der Waals surface area (Å²) in [5, 5.41) is 0. The van der Waals surface area contributed by atoms with Crippen LogP contribution in [0.25, 0.3) is 0 Å². The summed E-state index contributed by atoms with van der Waals surface area (Å²) in [7, 11) is 0. The van der Waals surface area contributed by atoms with Crippen LogP contribution in [0.2, 0.25) is 0 Å². The number of nitrogens with zero attached hydrogens (tertiary/aromatic N) is 5. The molecule has 4 heterocycles. The van der Waals surface area contributed by atoms with Crippen molar-refractivity contribution in [2.24, 2.45) is 63.1 Å². The second kappa shape index (κ2) is 26.7. The highest BCUT2D eigenvalue weighted by atomic mass is 15.3. The Balaban J connectivity index is 0.000000194. The molecule has 1 atom stereocenters. The third-order valence-electron chi connectivity index (χ3n) is 18.4. The van der Waals surface area contributed by atoms with Gasteiger partial charge in [-0.3, -0.25) is 4.90 Å². The van der Waals surface area contributed by atoms with Gasteiger partial charge in [0.1, 0.15) is 0 Å². The van der Waals surface area contributed by atoms with Gasteiger partial charge in [0.25, 0.3) is 0 Å². The van der Waals surface area contributed by atoms with Crippen molar-refractivity contribution in [3.63, 3.8) is 0 Å². The van der Waals surface area contributed by atoms with Crippen molar-refractivity contribution in [2.45, 2.75) is 264 Å². The van der Waals surface area contributed by atoms with Gasteiger partial charge in [-0.2, -0.15) is 0 Å². The van der Waals surface area contributed by atoms with Gasteiger partial charge in [-0.25, -0.2) is 0 Å². The van der Waals surface area contributed by atoms with Crippen molar-refractivity contribution >= 4 is 0 Å². The van der Waals surface area contributed by atoms with Crippen LogP contribution < -0.4 is 0 Å². The van der Waals surface area contributed by atoms with Gasteiger partial charge in [-0.1, -0.05) is 62.8 Å². The summed E-state index contributed by atoms with van der Waals surface area (Å²) in [5.41, 5.74) is 3.08.